The van der Waals surface area contributed by atoms with Crippen molar-refractivity contribution < 1.29 is 66.3 Å². The Morgan fingerprint density at radius 3 is 1.38 bits per heavy atom. The van der Waals surface area contributed by atoms with Crippen molar-refractivity contribution in [1.29, 1.82) is 0 Å². The predicted molar refractivity (Wildman–Crippen MR) is 275 cm³/mol. The predicted octanol–water partition coefficient (Wildman–Crippen LogP) is 9.27. The van der Waals surface area contributed by atoms with Crippen molar-refractivity contribution in [2.24, 2.45) is 0 Å². The van der Waals surface area contributed by atoms with E-state index in [1.165, 1.54) is 43.3 Å². The van der Waals surface area contributed by atoms with Crippen LogP contribution in [-0.4, -0.2) is 132 Å². The Balaban J connectivity index is 1.29. The molecule has 3 aromatic rings. The molecule has 0 aromatic heterocycles. The monoisotopic (exact) mass is 1050 g/mol. The summed E-state index contributed by atoms with van der Waals surface area (Å²) in [6, 6.07) is 11.9. The lowest BCUT2D eigenvalue weighted by atomic mass is 10.1. The van der Waals surface area contributed by atoms with Crippen LogP contribution < -0.4 is 18.9 Å². The lowest BCUT2D eigenvalue weighted by molar-refractivity contribution is -0.385. The summed E-state index contributed by atoms with van der Waals surface area (Å²) in [6.45, 7) is 21.0. The maximum Gasteiger partial charge on any atom is 0.328 e. The molecule has 0 radical (unpaired) electrons. The second-order valence-corrected chi connectivity index (χ2v) is 30.9. The summed E-state index contributed by atoms with van der Waals surface area (Å²) in [5.74, 6) is -2.65. The summed E-state index contributed by atoms with van der Waals surface area (Å²) >= 11 is 0. The van der Waals surface area contributed by atoms with E-state index in [0.717, 1.165) is 17.7 Å². The van der Waals surface area contributed by atoms with Crippen LogP contribution in [0.3, 0.4) is 0 Å². The fraction of sp³-hybridized carbons (Fsp3) is 0.569. The molecule has 3 aromatic carbocycles. The fourth-order valence-electron chi connectivity index (χ4n) is 8.15. The van der Waals surface area contributed by atoms with Gasteiger partial charge in [0.2, 0.25) is 0 Å². The van der Waals surface area contributed by atoms with E-state index in [2.05, 4.69) is 67.7 Å². The van der Waals surface area contributed by atoms with Crippen molar-refractivity contribution in [1.82, 2.24) is 9.80 Å². The van der Waals surface area contributed by atoms with Crippen LogP contribution >= 0.6 is 0 Å². The molecule has 5 rings (SSSR count). The van der Waals surface area contributed by atoms with Crippen LogP contribution in [0.1, 0.15) is 99.9 Å². The highest BCUT2D eigenvalue weighted by Gasteiger charge is 2.49. The van der Waals surface area contributed by atoms with Crippen LogP contribution in [0, 0.1) is 20.2 Å². The zero-order valence-corrected chi connectivity index (χ0v) is 46.4. The highest BCUT2D eigenvalue weighted by molar-refractivity contribution is 6.74. The number of amides is 2. The van der Waals surface area contributed by atoms with Gasteiger partial charge >= 0.3 is 11.9 Å². The molecule has 2 aliphatic heterocycles. The van der Waals surface area contributed by atoms with Gasteiger partial charge in [0.25, 0.3) is 23.2 Å². The maximum atomic E-state index is 14.4. The van der Waals surface area contributed by atoms with Crippen LogP contribution in [0.25, 0.3) is 0 Å². The fourth-order valence-corrected chi connectivity index (χ4v) is 10.9. The summed E-state index contributed by atoms with van der Waals surface area (Å²) in [4.78, 5) is 80.8. The number of likely N-dealkylation sites (tertiary alicyclic amines) is 2. The Morgan fingerprint density at radius 2 is 1.00 bits per heavy atom. The second kappa shape index (κ2) is 23.8. The van der Waals surface area contributed by atoms with Gasteiger partial charge in [-0.05, 0) is 61.1 Å². The average molecular weight is 1050 g/mol. The minimum Gasteiger partial charge on any atom is -0.493 e. The Labute approximate surface area is 429 Å². The molecular formula is C51H72N4O16Si2. The number of hydrogen-bond donors (Lipinski definition) is 0. The number of nitro benzene ring substituents is 2. The molecule has 400 valence electrons. The maximum absolute atomic E-state index is 14.4. The molecule has 73 heavy (non-hydrogen) atoms. The number of unbranched alkanes of at least 4 members (excludes halogenated alkanes) is 2. The van der Waals surface area contributed by atoms with E-state index in [1.807, 2.05) is 30.3 Å². The van der Waals surface area contributed by atoms with Crippen LogP contribution in [0.15, 0.2) is 54.6 Å². The zero-order valence-electron chi connectivity index (χ0n) is 44.4. The van der Waals surface area contributed by atoms with Crippen molar-refractivity contribution in [2.75, 3.05) is 47.6 Å². The molecule has 2 heterocycles. The third kappa shape index (κ3) is 13.9. The summed E-state index contributed by atoms with van der Waals surface area (Å²) in [7, 11) is -0.885. The molecule has 0 bridgehead atoms. The number of ether oxygens (including phenoxy) is 6. The first-order valence-electron chi connectivity index (χ1n) is 24.4. The quantitative estimate of drug-likeness (QED) is 0.0300. The van der Waals surface area contributed by atoms with Crippen molar-refractivity contribution >= 4 is 51.8 Å². The summed E-state index contributed by atoms with van der Waals surface area (Å²) in [6.07, 6.45) is 0.735. The smallest absolute Gasteiger partial charge is 0.328 e. The highest BCUT2D eigenvalue weighted by Crippen LogP contribution is 2.43. The van der Waals surface area contributed by atoms with E-state index in [-0.39, 0.29) is 90.0 Å². The van der Waals surface area contributed by atoms with Gasteiger partial charge in [0.1, 0.15) is 29.8 Å². The number of methoxy groups -OCH3 is 3. The molecule has 2 unspecified atom stereocenters. The van der Waals surface area contributed by atoms with E-state index in [1.54, 1.807) is 0 Å². The molecule has 0 spiro atoms. The zero-order chi connectivity index (χ0) is 54.2. The number of rotatable bonds is 22. The van der Waals surface area contributed by atoms with Crippen LogP contribution in [-0.2, 0) is 34.5 Å². The van der Waals surface area contributed by atoms with E-state index in [9.17, 15) is 39.4 Å². The van der Waals surface area contributed by atoms with Crippen molar-refractivity contribution in [3.63, 3.8) is 0 Å². The summed E-state index contributed by atoms with van der Waals surface area (Å²) in [5.41, 5.74) is -0.883. The number of nitrogens with zero attached hydrogens (tertiary/aromatic N) is 4. The van der Waals surface area contributed by atoms with Crippen molar-refractivity contribution in [3.8, 4) is 23.0 Å². The first-order chi connectivity index (χ1) is 34.1. The molecule has 2 amide bonds. The van der Waals surface area contributed by atoms with Crippen molar-refractivity contribution in [2.45, 2.75) is 141 Å². The lowest BCUT2D eigenvalue weighted by Crippen LogP contribution is -2.45. The minimum atomic E-state index is -2.35. The number of benzene rings is 3. The Morgan fingerprint density at radius 1 is 0.603 bits per heavy atom. The first-order valence-corrected chi connectivity index (χ1v) is 30.2. The highest BCUT2D eigenvalue weighted by atomic mass is 28.4. The SMILES string of the molecule is COC(=O)C1CC(O[Si](C)(C)C(C)(C)C)CN1C(=O)c1cc(OC)c(OCCCCCOc2cc([N+](=O)[O-])c(C(=O)N3C[C@H](O[Si](C)(C)C(C)(C)C)C[C@H]3C(=O)OC)cc2OCc2ccccc2)cc1[N+](=O)[O-]. The molecule has 0 aliphatic carbocycles. The van der Waals surface area contributed by atoms with E-state index in [0.29, 0.717) is 19.3 Å². The van der Waals surface area contributed by atoms with Crippen molar-refractivity contribution in [3.05, 3.63) is 91.5 Å². The third-order valence-corrected chi connectivity index (χ3v) is 23.3. The van der Waals surface area contributed by atoms with Gasteiger partial charge in [-0.1, -0.05) is 71.9 Å². The largest absolute Gasteiger partial charge is 0.493 e. The van der Waals surface area contributed by atoms with Gasteiger partial charge in [-0.15, -0.1) is 0 Å². The second-order valence-electron chi connectivity index (χ2n) is 21.3. The van der Waals surface area contributed by atoms with Gasteiger partial charge in [-0.2, -0.15) is 0 Å². The molecule has 20 nitrogen and oxygen atoms in total. The summed E-state index contributed by atoms with van der Waals surface area (Å²) in [5, 5.41) is 24.8. The van der Waals surface area contributed by atoms with Crippen LogP contribution in [0.5, 0.6) is 23.0 Å². The molecule has 2 fully saturated rings. The van der Waals surface area contributed by atoms with Crippen LogP contribution in [0.4, 0.5) is 11.4 Å². The lowest BCUT2D eigenvalue weighted by Gasteiger charge is -2.38. The molecule has 0 saturated carbocycles. The van der Waals surface area contributed by atoms with Gasteiger partial charge in [-0.25, -0.2) is 9.59 Å². The molecule has 2 saturated heterocycles. The molecule has 4 atom stereocenters. The van der Waals surface area contributed by atoms with Gasteiger partial charge in [0.05, 0.1) is 68.7 Å². The molecule has 22 heteroatoms. The molecular weight excluding hydrogens is 981 g/mol. The Bertz CT molecular complexity index is 2490. The number of nitro groups is 2. The molecule has 0 N–H and O–H groups in total. The summed E-state index contributed by atoms with van der Waals surface area (Å²) < 4.78 is 47.0. The third-order valence-electron chi connectivity index (χ3n) is 14.3. The van der Waals surface area contributed by atoms with E-state index in [4.69, 9.17) is 37.3 Å². The normalized spacial score (nSPS) is 18.3. The standard InChI is InChI=1S/C51H72N4O16Si2/c1-50(2,3)72(10,11)70-34-24-40(48(58)65-8)52(30-34)46(56)36-26-42(64-7)44(28-38(36)54(60)61)67-22-18-15-19-23-68-45-29-39(55(62)63)37(27-43(45)69-32-33-20-16-14-17-21-33)47(57)53-31-35(25-41(53)49(59)66-9)71-73(12,13)51(4,5)6/h14,16-17,20-21,26-29,34-35,40-41H,15,18-19,22-25,30-32H2,1-13H3/t34?,35-,40?,41+/m1/s1. The number of carbonyl (C=O) groups is 4. The van der Waals surface area contributed by atoms with E-state index >= 15 is 0 Å². The topological polar surface area (TPSA) is 235 Å². The van der Waals surface area contributed by atoms with Gasteiger partial charge in [0.15, 0.2) is 39.6 Å². The number of carbonyl (C=O) groups excluding carboxylic acids is 4. The Kier molecular flexibility index (Phi) is 18.9. The minimum absolute atomic E-state index is 0.0190. The van der Waals surface area contributed by atoms with Gasteiger partial charge < -0.3 is 47.1 Å². The Hall–Kier alpha value is -6.11. The first kappa shape index (κ1) is 57.8. The molecule has 2 aliphatic rings. The number of hydrogen-bond acceptors (Lipinski definition) is 16. The van der Waals surface area contributed by atoms with E-state index < -0.39 is 85.9 Å². The van der Waals surface area contributed by atoms with Gasteiger partial charge in [0, 0.05) is 38.1 Å². The van der Waals surface area contributed by atoms with Gasteiger partial charge in [-0.3, -0.25) is 29.8 Å². The average Bonchev–Trinajstić information content (AvgIpc) is 3.95. The number of esters is 2. The van der Waals surface area contributed by atoms with Crippen LogP contribution in [0.2, 0.25) is 36.3 Å².